The number of methoxy groups -OCH3 is 1. The fourth-order valence-electron chi connectivity index (χ4n) is 3.31. The summed E-state index contributed by atoms with van der Waals surface area (Å²) in [6.07, 6.45) is 2.95. The van der Waals surface area contributed by atoms with Gasteiger partial charge in [0.1, 0.15) is 5.75 Å². The number of rotatable bonds is 2. The van der Waals surface area contributed by atoms with Crippen molar-refractivity contribution in [1.82, 2.24) is 5.32 Å². The predicted octanol–water partition coefficient (Wildman–Crippen LogP) is 1.97. The number of amides is 1. The molecule has 1 atom stereocenters. The number of benzene rings is 1. The number of carbonyl (C=O) groups is 1. The van der Waals surface area contributed by atoms with Gasteiger partial charge < -0.3 is 15.0 Å². The van der Waals surface area contributed by atoms with E-state index in [0.29, 0.717) is 0 Å². The molecule has 20 heavy (non-hydrogen) atoms. The number of anilines is 1. The molecule has 1 N–H and O–H groups in total. The lowest BCUT2D eigenvalue weighted by molar-refractivity contribution is -0.126. The van der Waals surface area contributed by atoms with Crippen LogP contribution < -0.4 is 15.0 Å². The number of nitrogens with zero attached hydrogens (tertiary/aromatic N) is 1. The van der Waals surface area contributed by atoms with Gasteiger partial charge in [-0.3, -0.25) is 4.79 Å². The van der Waals surface area contributed by atoms with Gasteiger partial charge in [-0.1, -0.05) is 12.1 Å². The molecule has 1 saturated heterocycles. The molecule has 0 radical (unpaired) electrons. The van der Waals surface area contributed by atoms with Crippen molar-refractivity contribution < 1.29 is 9.53 Å². The highest BCUT2D eigenvalue weighted by molar-refractivity contribution is 6.00. The molecular formula is C16H22N2O2. The summed E-state index contributed by atoms with van der Waals surface area (Å²) in [5.41, 5.74) is 1.92. The largest absolute Gasteiger partial charge is 0.495 e. The molecule has 4 heteroatoms. The van der Waals surface area contributed by atoms with Crippen LogP contribution in [0.5, 0.6) is 5.75 Å². The maximum absolute atomic E-state index is 13.0. The average Bonchev–Trinajstić information content (AvgIpc) is 2.93. The highest BCUT2D eigenvalue weighted by atomic mass is 16.5. The van der Waals surface area contributed by atoms with E-state index in [0.717, 1.165) is 50.3 Å². The van der Waals surface area contributed by atoms with Crippen molar-refractivity contribution in [3.05, 3.63) is 23.8 Å². The zero-order chi connectivity index (χ0) is 14.2. The molecule has 2 heterocycles. The number of ether oxygens (including phenoxy) is 1. The van der Waals surface area contributed by atoms with Crippen LogP contribution in [0.4, 0.5) is 5.69 Å². The van der Waals surface area contributed by atoms with Gasteiger partial charge in [0.2, 0.25) is 5.91 Å². The SMILES string of the molecule is COc1cccc2c1N(C(=O)C1(C)CCNC1)CCC2. The van der Waals surface area contributed by atoms with E-state index < -0.39 is 0 Å². The number of carbonyl (C=O) groups excluding carboxylic acids is 1. The Morgan fingerprint density at radius 1 is 1.45 bits per heavy atom. The number of hydrogen-bond acceptors (Lipinski definition) is 3. The van der Waals surface area contributed by atoms with Gasteiger partial charge in [-0.05, 0) is 44.4 Å². The van der Waals surface area contributed by atoms with E-state index in [1.165, 1.54) is 5.56 Å². The first kappa shape index (κ1) is 13.4. The second-order valence-corrected chi connectivity index (χ2v) is 6.02. The van der Waals surface area contributed by atoms with Crippen LogP contribution in [-0.2, 0) is 11.2 Å². The van der Waals surface area contributed by atoms with E-state index in [2.05, 4.69) is 18.3 Å². The fourth-order valence-corrected chi connectivity index (χ4v) is 3.31. The molecule has 1 unspecified atom stereocenters. The van der Waals surface area contributed by atoms with Gasteiger partial charge >= 0.3 is 0 Å². The maximum Gasteiger partial charge on any atom is 0.234 e. The number of fused-ring (bicyclic) bond motifs is 1. The van der Waals surface area contributed by atoms with Crippen molar-refractivity contribution in [2.24, 2.45) is 5.41 Å². The number of nitrogens with one attached hydrogen (secondary N) is 1. The van der Waals surface area contributed by atoms with Crippen LogP contribution in [0.3, 0.4) is 0 Å². The molecule has 1 fully saturated rings. The summed E-state index contributed by atoms with van der Waals surface area (Å²) < 4.78 is 5.48. The predicted molar refractivity (Wildman–Crippen MR) is 79.3 cm³/mol. The minimum atomic E-state index is -0.282. The van der Waals surface area contributed by atoms with E-state index in [1.807, 2.05) is 17.0 Å². The van der Waals surface area contributed by atoms with Gasteiger partial charge in [0.25, 0.3) is 0 Å². The van der Waals surface area contributed by atoms with Crippen molar-refractivity contribution in [3.8, 4) is 5.75 Å². The third kappa shape index (κ3) is 2.08. The lowest BCUT2D eigenvalue weighted by Gasteiger charge is -2.36. The summed E-state index contributed by atoms with van der Waals surface area (Å²) in [5.74, 6) is 1.04. The minimum Gasteiger partial charge on any atom is -0.495 e. The molecule has 4 nitrogen and oxygen atoms in total. The van der Waals surface area contributed by atoms with Gasteiger partial charge in [0.15, 0.2) is 0 Å². The van der Waals surface area contributed by atoms with Crippen LogP contribution in [-0.4, -0.2) is 32.7 Å². The van der Waals surface area contributed by atoms with E-state index in [9.17, 15) is 4.79 Å². The van der Waals surface area contributed by atoms with Crippen LogP contribution in [0.1, 0.15) is 25.3 Å². The molecule has 2 aliphatic heterocycles. The number of hydrogen-bond donors (Lipinski definition) is 1. The molecular weight excluding hydrogens is 252 g/mol. The minimum absolute atomic E-state index is 0.230. The summed E-state index contributed by atoms with van der Waals surface area (Å²) in [7, 11) is 1.67. The van der Waals surface area contributed by atoms with E-state index >= 15 is 0 Å². The Labute approximate surface area is 120 Å². The Morgan fingerprint density at radius 3 is 3.00 bits per heavy atom. The van der Waals surface area contributed by atoms with Crippen LogP contribution >= 0.6 is 0 Å². The number of para-hydroxylation sites is 1. The fraction of sp³-hybridized carbons (Fsp3) is 0.562. The van der Waals surface area contributed by atoms with Gasteiger partial charge in [0.05, 0.1) is 18.2 Å². The zero-order valence-electron chi connectivity index (χ0n) is 12.2. The van der Waals surface area contributed by atoms with E-state index in [4.69, 9.17) is 4.74 Å². The first-order valence-corrected chi connectivity index (χ1v) is 7.34. The first-order valence-electron chi connectivity index (χ1n) is 7.34. The van der Waals surface area contributed by atoms with Crippen LogP contribution in [0.2, 0.25) is 0 Å². The Bertz CT molecular complexity index is 507. The molecule has 1 aromatic rings. The second kappa shape index (κ2) is 5.09. The Hall–Kier alpha value is -1.55. The summed E-state index contributed by atoms with van der Waals surface area (Å²) >= 11 is 0. The van der Waals surface area contributed by atoms with Crippen molar-refractivity contribution in [2.75, 3.05) is 31.6 Å². The highest BCUT2D eigenvalue weighted by Gasteiger charge is 2.41. The van der Waals surface area contributed by atoms with Crippen LogP contribution in [0.25, 0.3) is 0 Å². The molecule has 0 saturated carbocycles. The Balaban J connectivity index is 1.99. The lowest BCUT2D eigenvalue weighted by atomic mass is 9.86. The van der Waals surface area contributed by atoms with Crippen molar-refractivity contribution in [1.29, 1.82) is 0 Å². The quantitative estimate of drug-likeness (QED) is 0.896. The molecule has 2 aliphatic rings. The monoisotopic (exact) mass is 274 g/mol. The van der Waals surface area contributed by atoms with Gasteiger partial charge in [-0.2, -0.15) is 0 Å². The topological polar surface area (TPSA) is 41.6 Å². The molecule has 1 amide bonds. The normalized spacial score (nSPS) is 25.4. The summed E-state index contributed by atoms with van der Waals surface area (Å²) in [4.78, 5) is 14.9. The lowest BCUT2D eigenvalue weighted by Crippen LogP contribution is -2.46. The summed E-state index contributed by atoms with van der Waals surface area (Å²) in [5, 5.41) is 3.31. The Morgan fingerprint density at radius 2 is 2.30 bits per heavy atom. The summed E-state index contributed by atoms with van der Waals surface area (Å²) in [6.45, 7) is 4.56. The van der Waals surface area contributed by atoms with Crippen molar-refractivity contribution >= 4 is 11.6 Å². The molecule has 0 bridgehead atoms. The van der Waals surface area contributed by atoms with Crippen LogP contribution in [0.15, 0.2) is 18.2 Å². The molecule has 0 spiro atoms. The van der Waals surface area contributed by atoms with Gasteiger partial charge in [-0.15, -0.1) is 0 Å². The van der Waals surface area contributed by atoms with Gasteiger partial charge in [0, 0.05) is 13.1 Å². The zero-order valence-corrected chi connectivity index (χ0v) is 12.2. The number of aryl methyl sites for hydroxylation is 1. The van der Waals surface area contributed by atoms with E-state index in [-0.39, 0.29) is 11.3 Å². The molecule has 0 aliphatic carbocycles. The second-order valence-electron chi connectivity index (χ2n) is 6.02. The highest BCUT2D eigenvalue weighted by Crippen LogP contribution is 2.39. The van der Waals surface area contributed by atoms with Crippen LogP contribution in [0, 0.1) is 5.41 Å². The van der Waals surface area contributed by atoms with Crippen molar-refractivity contribution in [2.45, 2.75) is 26.2 Å². The Kier molecular flexibility index (Phi) is 3.42. The molecule has 3 rings (SSSR count). The molecule has 1 aromatic carbocycles. The third-order valence-electron chi connectivity index (χ3n) is 4.53. The maximum atomic E-state index is 13.0. The van der Waals surface area contributed by atoms with E-state index in [1.54, 1.807) is 7.11 Å². The smallest absolute Gasteiger partial charge is 0.234 e. The van der Waals surface area contributed by atoms with Crippen molar-refractivity contribution in [3.63, 3.8) is 0 Å². The third-order valence-corrected chi connectivity index (χ3v) is 4.53. The van der Waals surface area contributed by atoms with Gasteiger partial charge in [-0.25, -0.2) is 0 Å². The standard InChI is InChI=1S/C16H22N2O2/c1-16(8-9-17-11-16)15(19)18-10-4-6-12-5-3-7-13(20-2)14(12)18/h3,5,7,17H,4,6,8-11H2,1-2H3. The molecule has 108 valence electrons. The summed E-state index contributed by atoms with van der Waals surface area (Å²) in [6, 6.07) is 6.05. The first-order chi connectivity index (χ1) is 9.65. The average molecular weight is 274 g/mol. The molecule has 0 aromatic heterocycles.